The van der Waals surface area contributed by atoms with Crippen molar-refractivity contribution in [3.05, 3.63) is 48.2 Å². The van der Waals surface area contributed by atoms with Crippen LogP contribution in [0, 0.1) is 6.92 Å². The molecule has 4 nitrogen and oxygen atoms in total. The van der Waals surface area contributed by atoms with E-state index in [2.05, 4.69) is 16.7 Å². The Labute approximate surface area is 95.1 Å². The van der Waals surface area contributed by atoms with Crippen LogP contribution in [0.15, 0.2) is 47.2 Å². The van der Waals surface area contributed by atoms with Crippen molar-refractivity contribution >= 4 is 11.5 Å². The number of nitrogens with zero attached hydrogens (tertiary/aromatic N) is 2. The second kappa shape index (κ2) is 5.70. The summed E-state index contributed by atoms with van der Waals surface area (Å²) in [4.78, 5) is 8.68. The molecule has 0 fully saturated rings. The average Bonchev–Trinajstić information content (AvgIpc) is 2.27. The van der Waals surface area contributed by atoms with Crippen LogP contribution in [0.1, 0.15) is 11.1 Å². The SMILES string of the molecule is C=CN=C(N)/C(=N\OC)c1ccccc1C. The minimum atomic E-state index is 0.283. The molecule has 0 saturated heterocycles. The molecule has 0 aliphatic rings. The van der Waals surface area contributed by atoms with Crippen LogP contribution in [0.4, 0.5) is 0 Å². The van der Waals surface area contributed by atoms with E-state index in [0.717, 1.165) is 11.1 Å². The molecule has 0 unspecified atom stereocenters. The third-order valence-electron chi connectivity index (χ3n) is 2.06. The molecule has 1 aromatic rings. The molecule has 1 aromatic carbocycles. The van der Waals surface area contributed by atoms with Crippen LogP contribution in [-0.2, 0) is 4.84 Å². The Morgan fingerprint density at radius 1 is 1.44 bits per heavy atom. The van der Waals surface area contributed by atoms with Crippen LogP contribution in [0.2, 0.25) is 0 Å². The summed E-state index contributed by atoms with van der Waals surface area (Å²) in [6, 6.07) is 7.75. The number of benzene rings is 1. The number of hydrogen-bond acceptors (Lipinski definition) is 3. The van der Waals surface area contributed by atoms with Gasteiger partial charge in [-0.3, -0.25) is 0 Å². The van der Waals surface area contributed by atoms with Gasteiger partial charge in [-0.05, 0) is 12.5 Å². The van der Waals surface area contributed by atoms with Crippen molar-refractivity contribution in [2.75, 3.05) is 7.11 Å². The van der Waals surface area contributed by atoms with Crippen LogP contribution in [0.3, 0.4) is 0 Å². The Hall–Kier alpha value is -2.10. The molecule has 0 heterocycles. The fourth-order valence-corrected chi connectivity index (χ4v) is 1.32. The smallest absolute Gasteiger partial charge is 0.153 e. The molecule has 0 atom stereocenters. The second-order valence-electron chi connectivity index (χ2n) is 3.13. The number of hydrogen-bond donors (Lipinski definition) is 1. The lowest BCUT2D eigenvalue weighted by atomic mass is 10.0. The zero-order valence-corrected chi connectivity index (χ0v) is 9.47. The molecular formula is C12H15N3O. The number of rotatable bonds is 4. The summed E-state index contributed by atoms with van der Waals surface area (Å²) in [7, 11) is 1.47. The number of nitrogens with two attached hydrogens (primary N) is 1. The maximum absolute atomic E-state index is 5.78. The first-order chi connectivity index (χ1) is 7.70. The molecule has 0 bridgehead atoms. The summed E-state index contributed by atoms with van der Waals surface area (Å²) in [5.41, 5.74) is 8.25. The number of oxime groups is 1. The van der Waals surface area contributed by atoms with Gasteiger partial charge in [0.2, 0.25) is 0 Å². The van der Waals surface area contributed by atoms with Gasteiger partial charge in [0, 0.05) is 11.8 Å². The summed E-state index contributed by atoms with van der Waals surface area (Å²) in [6.07, 6.45) is 1.37. The summed E-state index contributed by atoms with van der Waals surface area (Å²) in [6.45, 7) is 5.47. The molecule has 0 saturated carbocycles. The van der Waals surface area contributed by atoms with Gasteiger partial charge in [0.15, 0.2) is 11.5 Å². The van der Waals surface area contributed by atoms with Crippen LogP contribution in [0.25, 0.3) is 0 Å². The van der Waals surface area contributed by atoms with Crippen molar-refractivity contribution in [1.29, 1.82) is 0 Å². The number of aryl methyl sites for hydroxylation is 1. The predicted octanol–water partition coefficient (Wildman–Crippen LogP) is 1.85. The summed E-state index contributed by atoms with van der Waals surface area (Å²) >= 11 is 0. The minimum absolute atomic E-state index is 0.283. The lowest BCUT2D eigenvalue weighted by molar-refractivity contribution is 0.214. The molecule has 0 radical (unpaired) electrons. The van der Waals surface area contributed by atoms with E-state index < -0.39 is 0 Å². The molecule has 0 amide bonds. The molecule has 0 aliphatic carbocycles. The van der Waals surface area contributed by atoms with Crippen molar-refractivity contribution in [2.24, 2.45) is 15.9 Å². The van der Waals surface area contributed by atoms with Gasteiger partial charge in [0.05, 0.1) is 0 Å². The fourth-order valence-electron chi connectivity index (χ4n) is 1.32. The highest BCUT2D eigenvalue weighted by molar-refractivity contribution is 6.47. The van der Waals surface area contributed by atoms with E-state index in [1.54, 1.807) is 0 Å². The maximum atomic E-state index is 5.78. The summed E-state index contributed by atoms with van der Waals surface area (Å²) in [5, 5.41) is 3.89. The number of amidine groups is 1. The van der Waals surface area contributed by atoms with Crippen LogP contribution in [0.5, 0.6) is 0 Å². The van der Waals surface area contributed by atoms with Gasteiger partial charge in [0.1, 0.15) is 7.11 Å². The topological polar surface area (TPSA) is 60.0 Å². The molecule has 16 heavy (non-hydrogen) atoms. The van der Waals surface area contributed by atoms with Gasteiger partial charge < -0.3 is 10.6 Å². The largest absolute Gasteiger partial charge is 0.399 e. The normalized spacial score (nSPS) is 12.4. The van der Waals surface area contributed by atoms with E-state index in [0.29, 0.717) is 5.71 Å². The summed E-state index contributed by atoms with van der Waals surface area (Å²) < 4.78 is 0. The monoisotopic (exact) mass is 217 g/mol. The third-order valence-corrected chi connectivity index (χ3v) is 2.06. The molecular weight excluding hydrogens is 202 g/mol. The van der Waals surface area contributed by atoms with Crippen molar-refractivity contribution < 1.29 is 4.84 Å². The predicted molar refractivity (Wildman–Crippen MR) is 66.5 cm³/mol. The Balaban J connectivity index is 3.24. The first kappa shape index (κ1) is 12.0. The second-order valence-corrected chi connectivity index (χ2v) is 3.13. The molecule has 1 rings (SSSR count). The molecule has 2 N–H and O–H groups in total. The highest BCUT2D eigenvalue weighted by Crippen LogP contribution is 2.09. The van der Waals surface area contributed by atoms with Crippen LogP contribution < -0.4 is 5.73 Å². The first-order valence-corrected chi connectivity index (χ1v) is 4.82. The van der Waals surface area contributed by atoms with Gasteiger partial charge in [0.25, 0.3) is 0 Å². The van der Waals surface area contributed by atoms with Crippen molar-refractivity contribution in [2.45, 2.75) is 6.92 Å². The van der Waals surface area contributed by atoms with Crippen LogP contribution in [-0.4, -0.2) is 18.7 Å². The van der Waals surface area contributed by atoms with Crippen LogP contribution >= 0.6 is 0 Å². The molecule has 84 valence electrons. The average molecular weight is 217 g/mol. The highest BCUT2D eigenvalue weighted by atomic mass is 16.6. The van der Waals surface area contributed by atoms with Gasteiger partial charge in [-0.15, -0.1) is 0 Å². The highest BCUT2D eigenvalue weighted by Gasteiger charge is 2.11. The Bertz CT molecular complexity index is 436. The van der Waals surface area contributed by atoms with Crippen molar-refractivity contribution in [1.82, 2.24) is 0 Å². The standard InChI is InChI=1S/C12H15N3O/c1-4-14-12(13)11(15-16-3)10-8-6-5-7-9(10)2/h4-8H,1H2,2-3H3,(H2,13,14)/b15-11-. The van der Waals surface area contributed by atoms with Gasteiger partial charge >= 0.3 is 0 Å². The van der Waals surface area contributed by atoms with Gasteiger partial charge in [-0.1, -0.05) is 36.0 Å². The van der Waals surface area contributed by atoms with E-state index in [-0.39, 0.29) is 5.84 Å². The quantitative estimate of drug-likeness (QED) is 0.475. The van der Waals surface area contributed by atoms with Crippen molar-refractivity contribution in [3.8, 4) is 0 Å². The van der Waals surface area contributed by atoms with E-state index in [9.17, 15) is 0 Å². The Morgan fingerprint density at radius 2 is 2.12 bits per heavy atom. The van der Waals surface area contributed by atoms with E-state index in [4.69, 9.17) is 10.6 Å². The lowest BCUT2D eigenvalue weighted by Gasteiger charge is -2.07. The maximum Gasteiger partial charge on any atom is 0.153 e. The molecule has 0 aliphatic heterocycles. The van der Waals surface area contributed by atoms with Gasteiger partial charge in [-0.25, -0.2) is 4.99 Å². The Morgan fingerprint density at radius 3 is 2.69 bits per heavy atom. The molecule has 4 heteroatoms. The van der Waals surface area contributed by atoms with Crippen molar-refractivity contribution in [3.63, 3.8) is 0 Å². The third kappa shape index (κ3) is 2.70. The molecule has 0 aromatic heterocycles. The first-order valence-electron chi connectivity index (χ1n) is 4.82. The lowest BCUT2D eigenvalue weighted by Crippen LogP contribution is -2.25. The zero-order valence-electron chi connectivity index (χ0n) is 9.47. The van der Waals surface area contributed by atoms with E-state index >= 15 is 0 Å². The minimum Gasteiger partial charge on any atom is -0.399 e. The van der Waals surface area contributed by atoms with Gasteiger partial charge in [-0.2, -0.15) is 0 Å². The summed E-state index contributed by atoms with van der Waals surface area (Å²) in [5.74, 6) is 0.283. The number of aliphatic imine (C=N–C) groups is 1. The zero-order chi connectivity index (χ0) is 12.0. The van der Waals surface area contributed by atoms with E-state index in [1.807, 2.05) is 31.2 Å². The molecule has 0 spiro atoms. The van der Waals surface area contributed by atoms with E-state index in [1.165, 1.54) is 13.3 Å². The fraction of sp³-hybridized carbons (Fsp3) is 0.167. The Kier molecular flexibility index (Phi) is 4.27.